The van der Waals surface area contributed by atoms with Crippen molar-refractivity contribution in [2.45, 2.75) is 16.1 Å². The molecule has 1 aromatic carbocycles. The quantitative estimate of drug-likeness (QED) is 0.512. The van der Waals surface area contributed by atoms with Gasteiger partial charge in [0, 0.05) is 9.65 Å². The zero-order valence-corrected chi connectivity index (χ0v) is 15.0. The standard InChI is InChI=1S/C16H13Br2NO4/c17-12-8-5-9(13(12)18)11-10(8)14(20)19(15(11)21)7-3-1-6(2-4-7)16(22)23/h1-4,8-13H,5H2,(H,22,23)/p-1/t8-,9+,10+,11-,12+,13-. The summed E-state index contributed by atoms with van der Waals surface area (Å²) in [5.74, 6) is -1.83. The maximum absolute atomic E-state index is 12.8. The van der Waals surface area contributed by atoms with E-state index in [-0.39, 0.29) is 50.7 Å². The molecule has 1 aromatic rings. The molecule has 23 heavy (non-hydrogen) atoms. The minimum atomic E-state index is -1.28. The number of nitrogens with zero attached hydrogens (tertiary/aromatic N) is 1. The highest BCUT2D eigenvalue weighted by atomic mass is 79.9. The highest BCUT2D eigenvalue weighted by Crippen LogP contribution is 2.60. The van der Waals surface area contributed by atoms with Gasteiger partial charge in [0.25, 0.3) is 0 Å². The first-order valence-corrected chi connectivity index (χ1v) is 9.22. The van der Waals surface area contributed by atoms with Gasteiger partial charge >= 0.3 is 0 Å². The molecule has 0 N–H and O–H groups in total. The Labute approximate surface area is 149 Å². The van der Waals surface area contributed by atoms with E-state index in [4.69, 9.17) is 0 Å². The van der Waals surface area contributed by atoms with E-state index >= 15 is 0 Å². The van der Waals surface area contributed by atoms with Crippen molar-refractivity contribution in [3.63, 3.8) is 0 Å². The molecular formula is C16H12Br2NO4-. The first-order chi connectivity index (χ1) is 10.9. The minimum absolute atomic E-state index is 0.0224. The van der Waals surface area contributed by atoms with Gasteiger partial charge in [0.1, 0.15) is 0 Å². The second-order valence-corrected chi connectivity index (χ2v) is 8.46. The second kappa shape index (κ2) is 5.14. The van der Waals surface area contributed by atoms with Crippen molar-refractivity contribution < 1.29 is 19.5 Å². The number of anilines is 1. The van der Waals surface area contributed by atoms with Crippen molar-refractivity contribution in [3.8, 4) is 0 Å². The van der Waals surface area contributed by atoms with E-state index in [0.717, 1.165) is 6.42 Å². The fourth-order valence-corrected chi connectivity index (χ4v) is 6.22. The molecule has 120 valence electrons. The van der Waals surface area contributed by atoms with Crippen LogP contribution in [0, 0.1) is 23.7 Å². The van der Waals surface area contributed by atoms with Crippen LogP contribution in [-0.2, 0) is 9.59 Å². The molecular weight excluding hydrogens is 430 g/mol. The van der Waals surface area contributed by atoms with E-state index in [1.807, 2.05) is 0 Å². The fourth-order valence-electron chi connectivity index (χ4n) is 4.35. The summed E-state index contributed by atoms with van der Waals surface area (Å²) in [6.07, 6.45) is 0.885. The van der Waals surface area contributed by atoms with Crippen LogP contribution in [0.1, 0.15) is 16.8 Å². The van der Waals surface area contributed by atoms with Crippen LogP contribution < -0.4 is 10.0 Å². The Bertz CT molecular complexity index is 687. The molecule has 0 aromatic heterocycles. The zero-order valence-electron chi connectivity index (χ0n) is 11.8. The summed E-state index contributed by atoms with van der Waals surface area (Å²) in [5.41, 5.74) is 0.449. The van der Waals surface area contributed by atoms with Crippen molar-refractivity contribution >= 4 is 55.3 Å². The fraction of sp³-hybridized carbons (Fsp3) is 0.438. The zero-order chi connectivity index (χ0) is 16.5. The number of hydrogen-bond acceptors (Lipinski definition) is 4. The molecule has 0 spiro atoms. The van der Waals surface area contributed by atoms with Crippen LogP contribution in [0.3, 0.4) is 0 Å². The lowest BCUT2D eigenvalue weighted by atomic mass is 9.81. The number of alkyl halides is 2. The number of carboxylic acid groups (broad SMARTS) is 1. The van der Waals surface area contributed by atoms with Crippen LogP contribution in [-0.4, -0.2) is 27.4 Å². The number of rotatable bonds is 2. The summed E-state index contributed by atoms with van der Waals surface area (Å²) >= 11 is 7.29. The molecule has 3 fully saturated rings. The van der Waals surface area contributed by atoms with Gasteiger partial charge in [-0.15, -0.1) is 0 Å². The molecule has 2 saturated carbocycles. The third-order valence-corrected chi connectivity index (χ3v) is 8.55. The first-order valence-electron chi connectivity index (χ1n) is 7.39. The summed E-state index contributed by atoms with van der Waals surface area (Å²) in [6, 6.07) is 5.69. The number of carbonyl (C=O) groups is 3. The molecule has 1 saturated heterocycles. The maximum atomic E-state index is 12.8. The molecule has 2 amide bonds. The maximum Gasteiger partial charge on any atom is 0.238 e. The smallest absolute Gasteiger partial charge is 0.238 e. The Balaban J connectivity index is 1.68. The van der Waals surface area contributed by atoms with Gasteiger partial charge in [-0.2, -0.15) is 0 Å². The topological polar surface area (TPSA) is 77.5 Å². The average molecular weight is 442 g/mol. The summed E-state index contributed by atoms with van der Waals surface area (Å²) in [4.78, 5) is 38.0. The second-order valence-electron chi connectivity index (χ2n) is 6.35. The number of carboxylic acids is 1. The molecule has 7 heteroatoms. The monoisotopic (exact) mass is 440 g/mol. The molecule has 0 unspecified atom stereocenters. The van der Waals surface area contributed by atoms with Gasteiger partial charge < -0.3 is 9.90 Å². The van der Waals surface area contributed by atoms with Crippen molar-refractivity contribution in [1.82, 2.24) is 0 Å². The summed E-state index contributed by atoms with van der Waals surface area (Å²) in [5, 5.41) is 10.8. The molecule has 1 heterocycles. The van der Waals surface area contributed by atoms with Gasteiger partial charge in [0.2, 0.25) is 11.8 Å². The molecule has 0 radical (unpaired) electrons. The van der Waals surface area contributed by atoms with Crippen LogP contribution in [0.15, 0.2) is 24.3 Å². The van der Waals surface area contributed by atoms with E-state index in [1.165, 1.54) is 29.2 Å². The van der Waals surface area contributed by atoms with Crippen molar-refractivity contribution in [2.24, 2.45) is 23.7 Å². The average Bonchev–Trinajstić information content (AvgIpc) is 3.12. The van der Waals surface area contributed by atoms with Gasteiger partial charge in [-0.1, -0.05) is 44.0 Å². The lowest BCUT2D eigenvalue weighted by Crippen LogP contribution is -2.37. The lowest BCUT2D eigenvalue weighted by molar-refractivity contribution is -0.255. The number of halogens is 2. The van der Waals surface area contributed by atoms with E-state index in [1.54, 1.807) is 0 Å². The number of amides is 2. The van der Waals surface area contributed by atoms with Crippen molar-refractivity contribution in [1.29, 1.82) is 0 Å². The summed E-state index contributed by atoms with van der Waals surface area (Å²) in [7, 11) is 0. The van der Waals surface area contributed by atoms with E-state index in [0.29, 0.717) is 5.69 Å². The van der Waals surface area contributed by atoms with E-state index in [2.05, 4.69) is 31.9 Å². The number of hydrogen-bond donors (Lipinski definition) is 0. The summed E-state index contributed by atoms with van der Waals surface area (Å²) in [6.45, 7) is 0. The Morgan fingerprint density at radius 3 is 1.91 bits per heavy atom. The van der Waals surface area contributed by atoms with Crippen LogP contribution in [0.25, 0.3) is 0 Å². The minimum Gasteiger partial charge on any atom is -0.545 e. The van der Waals surface area contributed by atoms with Crippen molar-refractivity contribution in [2.75, 3.05) is 4.90 Å². The first kappa shape index (κ1) is 15.3. The third kappa shape index (κ3) is 1.99. The Morgan fingerprint density at radius 2 is 1.48 bits per heavy atom. The van der Waals surface area contributed by atoms with Gasteiger partial charge in [0.05, 0.1) is 23.5 Å². The largest absolute Gasteiger partial charge is 0.545 e. The highest BCUT2D eigenvalue weighted by molar-refractivity contribution is 9.12. The molecule has 1 aliphatic heterocycles. The highest BCUT2D eigenvalue weighted by Gasteiger charge is 2.66. The number of fused-ring (bicyclic) bond motifs is 5. The van der Waals surface area contributed by atoms with Gasteiger partial charge in [-0.05, 0) is 36.0 Å². The Hall–Kier alpha value is -1.21. The molecule has 6 atom stereocenters. The van der Waals surface area contributed by atoms with Crippen LogP contribution in [0.5, 0.6) is 0 Å². The Morgan fingerprint density at radius 1 is 1.00 bits per heavy atom. The van der Waals surface area contributed by atoms with Gasteiger partial charge in [0.15, 0.2) is 0 Å². The van der Waals surface area contributed by atoms with Crippen LogP contribution in [0.2, 0.25) is 0 Å². The molecule has 5 nitrogen and oxygen atoms in total. The van der Waals surface area contributed by atoms with Crippen LogP contribution >= 0.6 is 31.9 Å². The predicted octanol–water partition coefficient (Wildman–Crippen LogP) is 1.33. The van der Waals surface area contributed by atoms with Crippen LogP contribution in [0.4, 0.5) is 5.69 Å². The molecule has 2 aliphatic carbocycles. The number of imide groups is 1. The number of aromatic carboxylic acids is 1. The molecule has 3 aliphatic rings. The number of carbonyl (C=O) groups excluding carboxylic acids is 3. The SMILES string of the molecule is O=C([O-])c1ccc(N2C(=O)[C@@H]3[C@@H]4C[C@@H]([C@H](Br)[C@@H]4Br)[C@@H]3C2=O)cc1. The normalized spacial score (nSPS) is 38.3. The predicted molar refractivity (Wildman–Crippen MR) is 87.3 cm³/mol. The van der Waals surface area contributed by atoms with Gasteiger partial charge in [-0.25, -0.2) is 0 Å². The van der Waals surface area contributed by atoms with Crippen molar-refractivity contribution in [3.05, 3.63) is 29.8 Å². The van der Waals surface area contributed by atoms with E-state index < -0.39 is 5.97 Å². The summed E-state index contributed by atoms with van der Waals surface area (Å²) < 4.78 is 0. The molecule has 2 bridgehead atoms. The molecule has 4 rings (SSSR count). The Kier molecular flexibility index (Phi) is 3.43. The number of benzene rings is 1. The third-order valence-electron chi connectivity index (χ3n) is 5.35. The van der Waals surface area contributed by atoms with Gasteiger partial charge in [-0.3, -0.25) is 14.5 Å². The lowest BCUT2D eigenvalue weighted by Gasteiger charge is -2.28. The van der Waals surface area contributed by atoms with E-state index in [9.17, 15) is 19.5 Å².